The van der Waals surface area contributed by atoms with Gasteiger partial charge in [-0.1, -0.05) is 60.7 Å². The Bertz CT molecular complexity index is 1140. The van der Waals surface area contributed by atoms with Crippen LogP contribution in [-0.4, -0.2) is 75.4 Å². The Labute approximate surface area is 211 Å². The third-order valence-corrected chi connectivity index (χ3v) is 8.67. The zero-order valence-electron chi connectivity index (χ0n) is 20.1. The SMILES string of the molecule is O=C([C@@H]1C[C@H](N2CCC(n3nc(-c4ccccc4)cc3-c3ccccc3)CC2)CN1)N1CCSC1. The molecule has 0 unspecified atom stereocenters. The molecule has 0 radical (unpaired) electrons. The van der Waals surface area contributed by atoms with Crippen molar-refractivity contribution in [3.63, 3.8) is 0 Å². The third kappa shape index (κ3) is 4.77. The van der Waals surface area contributed by atoms with Gasteiger partial charge in [0, 0.05) is 43.5 Å². The number of carbonyl (C=O) groups is 1. The first-order chi connectivity index (χ1) is 17.3. The lowest BCUT2D eigenvalue weighted by Crippen LogP contribution is -2.43. The van der Waals surface area contributed by atoms with Gasteiger partial charge in [0.1, 0.15) is 0 Å². The van der Waals surface area contributed by atoms with Gasteiger partial charge in [0.2, 0.25) is 5.91 Å². The monoisotopic (exact) mass is 487 g/mol. The molecule has 3 aliphatic heterocycles. The number of carbonyl (C=O) groups excluding carboxylic acids is 1. The van der Waals surface area contributed by atoms with Crippen molar-refractivity contribution in [1.29, 1.82) is 0 Å². The Morgan fingerprint density at radius 1 is 0.914 bits per heavy atom. The number of aromatic nitrogens is 2. The maximum Gasteiger partial charge on any atom is 0.240 e. The lowest BCUT2D eigenvalue weighted by molar-refractivity contribution is -0.131. The van der Waals surface area contributed by atoms with Crippen LogP contribution in [-0.2, 0) is 4.79 Å². The number of thioether (sulfide) groups is 1. The summed E-state index contributed by atoms with van der Waals surface area (Å²) < 4.78 is 2.28. The number of piperidine rings is 1. The van der Waals surface area contributed by atoms with Crippen molar-refractivity contribution in [3.8, 4) is 22.5 Å². The Morgan fingerprint density at radius 3 is 2.31 bits per heavy atom. The molecule has 1 aromatic heterocycles. The van der Waals surface area contributed by atoms with Crippen LogP contribution in [0.5, 0.6) is 0 Å². The molecule has 3 aliphatic rings. The highest BCUT2D eigenvalue weighted by molar-refractivity contribution is 7.99. The van der Waals surface area contributed by atoms with E-state index in [1.165, 1.54) is 11.3 Å². The maximum absolute atomic E-state index is 12.8. The Kier molecular flexibility index (Phi) is 6.63. The van der Waals surface area contributed by atoms with Gasteiger partial charge in [0.25, 0.3) is 0 Å². The van der Waals surface area contributed by atoms with Gasteiger partial charge in [-0.2, -0.15) is 5.10 Å². The largest absolute Gasteiger partial charge is 0.331 e. The molecule has 1 N–H and O–H groups in total. The van der Waals surface area contributed by atoms with Gasteiger partial charge in [-0.05, 0) is 30.9 Å². The van der Waals surface area contributed by atoms with E-state index in [1.54, 1.807) is 0 Å². The van der Waals surface area contributed by atoms with Gasteiger partial charge in [0.05, 0.1) is 29.3 Å². The van der Waals surface area contributed by atoms with Gasteiger partial charge in [0.15, 0.2) is 0 Å². The van der Waals surface area contributed by atoms with Crippen LogP contribution in [0.2, 0.25) is 0 Å². The van der Waals surface area contributed by atoms with Gasteiger partial charge in [-0.25, -0.2) is 0 Å². The van der Waals surface area contributed by atoms with Crippen LogP contribution in [0.25, 0.3) is 22.5 Å². The van der Waals surface area contributed by atoms with E-state index < -0.39 is 0 Å². The van der Waals surface area contributed by atoms with E-state index in [9.17, 15) is 4.79 Å². The molecule has 7 heteroatoms. The zero-order valence-corrected chi connectivity index (χ0v) is 20.9. The van der Waals surface area contributed by atoms with Crippen molar-refractivity contribution in [2.75, 3.05) is 37.8 Å². The minimum Gasteiger partial charge on any atom is -0.331 e. The van der Waals surface area contributed by atoms with Crippen LogP contribution < -0.4 is 5.32 Å². The average molecular weight is 488 g/mol. The van der Waals surface area contributed by atoms with Gasteiger partial charge < -0.3 is 10.2 Å². The normalized spacial score (nSPS) is 23.7. The van der Waals surface area contributed by atoms with Gasteiger partial charge in [-0.15, -0.1) is 11.8 Å². The number of nitrogens with zero attached hydrogens (tertiary/aromatic N) is 4. The highest BCUT2D eigenvalue weighted by Gasteiger charge is 2.37. The van der Waals surface area contributed by atoms with Crippen molar-refractivity contribution in [2.24, 2.45) is 0 Å². The third-order valence-electron chi connectivity index (χ3n) is 7.71. The summed E-state index contributed by atoms with van der Waals surface area (Å²) >= 11 is 1.85. The van der Waals surface area contributed by atoms with Gasteiger partial charge >= 0.3 is 0 Å². The summed E-state index contributed by atoms with van der Waals surface area (Å²) in [6, 6.07) is 24.2. The first kappa shape index (κ1) is 22.8. The van der Waals surface area contributed by atoms with Crippen molar-refractivity contribution < 1.29 is 4.79 Å². The average Bonchev–Trinajstić information content (AvgIpc) is 3.70. The number of rotatable bonds is 5. The number of nitrogens with one attached hydrogen (secondary N) is 1. The van der Waals surface area contributed by atoms with E-state index in [-0.39, 0.29) is 6.04 Å². The number of amides is 1. The van der Waals surface area contributed by atoms with Crippen molar-refractivity contribution in [3.05, 3.63) is 66.7 Å². The predicted octanol–water partition coefficient (Wildman–Crippen LogP) is 4.12. The van der Waals surface area contributed by atoms with E-state index in [2.05, 4.69) is 81.6 Å². The fourth-order valence-corrected chi connectivity index (χ4v) is 6.69. The van der Waals surface area contributed by atoms with Crippen LogP contribution in [0.15, 0.2) is 66.7 Å². The molecule has 1 amide bonds. The minimum absolute atomic E-state index is 0.0133. The van der Waals surface area contributed by atoms with Gasteiger partial charge in [-0.3, -0.25) is 14.4 Å². The summed E-state index contributed by atoms with van der Waals surface area (Å²) in [7, 11) is 0. The van der Waals surface area contributed by atoms with E-state index in [0.717, 1.165) is 68.3 Å². The standard InChI is InChI=1S/C28H33N5OS/c34-28(32-15-16-35-20-32)26-17-24(19-29-26)31-13-11-23(12-14-31)33-27(22-9-5-2-6-10-22)18-25(30-33)21-7-3-1-4-8-21/h1-10,18,23-24,26,29H,11-17,19-20H2/t24-,26-/m0/s1. The highest BCUT2D eigenvalue weighted by Crippen LogP contribution is 2.33. The number of likely N-dealkylation sites (tertiary alicyclic amines) is 1. The van der Waals surface area contributed by atoms with E-state index >= 15 is 0 Å². The second-order valence-corrected chi connectivity index (χ2v) is 10.9. The van der Waals surface area contributed by atoms with Crippen LogP contribution in [0.3, 0.4) is 0 Å². The molecule has 35 heavy (non-hydrogen) atoms. The molecule has 6 nitrogen and oxygen atoms in total. The fourth-order valence-electron chi connectivity index (χ4n) is 5.73. The predicted molar refractivity (Wildman–Crippen MR) is 142 cm³/mol. The Balaban J connectivity index is 1.15. The van der Waals surface area contributed by atoms with E-state index in [1.807, 2.05) is 16.7 Å². The molecular formula is C28H33N5OS. The van der Waals surface area contributed by atoms with Crippen molar-refractivity contribution in [2.45, 2.75) is 37.4 Å². The maximum atomic E-state index is 12.8. The van der Waals surface area contributed by atoms with Crippen LogP contribution in [0.4, 0.5) is 0 Å². The lowest BCUT2D eigenvalue weighted by Gasteiger charge is -2.36. The molecule has 4 heterocycles. The van der Waals surface area contributed by atoms with Crippen LogP contribution >= 0.6 is 11.8 Å². The summed E-state index contributed by atoms with van der Waals surface area (Å²) in [4.78, 5) is 17.4. The molecule has 0 saturated carbocycles. The first-order valence-corrected chi connectivity index (χ1v) is 14.0. The molecule has 3 fully saturated rings. The lowest BCUT2D eigenvalue weighted by atomic mass is 10.0. The summed E-state index contributed by atoms with van der Waals surface area (Å²) in [5.41, 5.74) is 4.60. The molecule has 0 spiro atoms. The molecule has 2 aromatic carbocycles. The molecule has 6 rings (SSSR count). The highest BCUT2D eigenvalue weighted by atomic mass is 32.2. The molecule has 3 saturated heterocycles. The molecule has 182 valence electrons. The minimum atomic E-state index is -0.0133. The Hall–Kier alpha value is -2.61. The number of hydrogen-bond acceptors (Lipinski definition) is 5. The van der Waals surface area contributed by atoms with E-state index in [4.69, 9.17) is 5.10 Å². The summed E-state index contributed by atoms with van der Waals surface area (Å²) in [6.07, 6.45) is 3.08. The fraction of sp³-hybridized carbons (Fsp3) is 0.429. The van der Waals surface area contributed by atoms with Crippen LogP contribution in [0.1, 0.15) is 25.3 Å². The van der Waals surface area contributed by atoms with Crippen LogP contribution in [0, 0.1) is 0 Å². The number of hydrogen-bond donors (Lipinski definition) is 1. The molecule has 0 bridgehead atoms. The Morgan fingerprint density at radius 2 is 1.63 bits per heavy atom. The molecule has 0 aliphatic carbocycles. The summed E-state index contributed by atoms with van der Waals surface area (Å²) in [5, 5.41) is 8.63. The number of benzene rings is 2. The zero-order chi connectivity index (χ0) is 23.6. The van der Waals surface area contributed by atoms with E-state index in [0.29, 0.717) is 18.0 Å². The molecule has 3 aromatic rings. The topological polar surface area (TPSA) is 53.4 Å². The smallest absolute Gasteiger partial charge is 0.240 e. The molecular weight excluding hydrogens is 454 g/mol. The molecule has 2 atom stereocenters. The first-order valence-electron chi connectivity index (χ1n) is 12.8. The quantitative estimate of drug-likeness (QED) is 0.587. The summed E-state index contributed by atoms with van der Waals surface area (Å²) in [5.74, 6) is 2.22. The second-order valence-electron chi connectivity index (χ2n) is 9.85. The second kappa shape index (κ2) is 10.2. The summed E-state index contributed by atoms with van der Waals surface area (Å²) in [6.45, 7) is 3.91. The van der Waals surface area contributed by atoms with Crippen molar-refractivity contribution >= 4 is 17.7 Å². The van der Waals surface area contributed by atoms with Crippen molar-refractivity contribution in [1.82, 2.24) is 24.9 Å².